The van der Waals surface area contributed by atoms with E-state index in [-0.39, 0.29) is 12.0 Å². The molecule has 7 heteroatoms. The van der Waals surface area contributed by atoms with Gasteiger partial charge >= 0.3 is 5.97 Å². The molecule has 3 atom stereocenters. The molecule has 0 aromatic heterocycles. The Hall–Kier alpha value is -1.53. The third-order valence-electron chi connectivity index (χ3n) is 4.24. The third kappa shape index (κ3) is 1.97. The van der Waals surface area contributed by atoms with Crippen molar-refractivity contribution in [1.82, 2.24) is 10.2 Å². The smallest absolute Gasteiger partial charge is 0.317 e. The highest BCUT2D eigenvalue weighted by Crippen LogP contribution is 2.48. The van der Waals surface area contributed by atoms with Gasteiger partial charge in [0.25, 0.3) is 0 Å². The molecule has 2 aliphatic heterocycles. The molecule has 112 valence electrons. The summed E-state index contributed by atoms with van der Waals surface area (Å²) in [5.41, 5.74) is -0.0909. The lowest BCUT2D eigenvalue weighted by molar-refractivity contribution is -0.170. The first kappa shape index (κ1) is 14.4. The topological polar surface area (TPSA) is 50.8 Å². The Morgan fingerprint density at radius 2 is 2.29 bits per heavy atom. The van der Waals surface area contributed by atoms with Crippen LogP contribution >= 0.6 is 23.8 Å². The van der Waals surface area contributed by atoms with E-state index in [1.807, 2.05) is 6.92 Å². The highest BCUT2D eigenvalue weighted by molar-refractivity contribution is 7.80. The van der Waals surface area contributed by atoms with Gasteiger partial charge in [-0.3, -0.25) is 4.79 Å². The minimum absolute atomic E-state index is 0.325. The van der Waals surface area contributed by atoms with Gasteiger partial charge in [-0.05, 0) is 37.3 Å². The van der Waals surface area contributed by atoms with Gasteiger partial charge in [0.2, 0.25) is 0 Å². The number of nitrogens with one attached hydrogen (secondary N) is 1. The van der Waals surface area contributed by atoms with E-state index in [1.54, 1.807) is 30.1 Å². The highest BCUT2D eigenvalue weighted by atomic mass is 35.5. The first-order valence-corrected chi connectivity index (χ1v) is 7.27. The molecule has 1 saturated heterocycles. The minimum atomic E-state index is -0.902. The van der Waals surface area contributed by atoms with Crippen molar-refractivity contribution in [2.75, 3.05) is 14.2 Å². The van der Waals surface area contributed by atoms with Crippen molar-refractivity contribution >= 4 is 34.9 Å². The molecular formula is C14H15ClN2O3S. The molecule has 3 unspecified atom stereocenters. The first-order valence-electron chi connectivity index (χ1n) is 6.49. The fraction of sp³-hybridized carbons (Fsp3) is 0.429. The lowest BCUT2D eigenvalue weighted by Gasteiger charge is -2.54. The van der Waals surface area contributed by atoms with Crippen LogP contribution in [-0.2, 0) is 9.53 Å². The molecule has 1 aromatic rings. The van der Waals surface area contributed by atoms with Crippen LogP contribution in [-0.4, -0.2) is 35.9 Å². The molecule has 0 saturated carbocycles. The lowest BCUT2D eigenvalue weighted by Crippen LogP contribution is -2.70. The summed E-state index contributed by atoms with van der Waals surface area (Å²) in [6.07, 6.45) is 0. The van der Waals surface area contributed by atoms with E-state index < -0.39 is 11.6 Å². The van der Waals surface area contributed by atoms with Crippen LogP contribution < -0.4 is 10.1 Å². The zero-order valence-electron chi connectivity index (χ0n) is 11.8. The summed E-state index contributed by atoms with van der Waals surface area (Å²) < 4.78 is 11.1. The fourth-order valence-electron chi connectivity index (χ4n) is 2.98. The molecular weight excluding hydrogens is 312 g/mol. The monoisotopic (exact) mass is 326 g/mol. The molecule has 2 aliphatic rings. The number of rotatable bonds is 1. The number of esters is 1. The molecule has 5 nitrogen and oxygen atoms in total. The molecule has 2 bridgehead atoms. The summed E-state index contributed by atoms with van der Waals surface area (Å²) in [5.74, 6) is -0.214. The summed E-state index contributed by atoms with van der Waals surface area (Å²) >= 11 is 11.4. The summed E-state index contributed by atoms with van der Waals surface area (Å²) in [7, 11) is 3.16. The van der Waals surface area contributed by atoms with Crippen molar-refractivity contribution in [1.29, 1.82) is 0 Å². The van der Waals surface area contributed by atoms with Gasteiger partial charge in [-0.1, -0.05) is 11.6 Å². The Bertz CT molecular complexity index is 639. The summed E-state index contributed by atoms with van der Waals surface area (Å²) in [6, 6.07) is 5.03. The van der Waals surface area contributed by atoms with Crippen molar-refractivity contribution in [2.45, 2.75) is 18.7 Å². The quantitative estimate of drug-likeness (QED) is 0.630. The Balaban J connectivity index is 2.19. The summed E-state index contributed by atoms with van der Waals surface area (Å²) in [4.78, 5) is 14.0. The van der Waals surface area contributed by atoms with Crippen LogP contribution in [0.3, 0.4) is 0 Å². The van der Waals surface area contributed by atoms with E-state index in [4.69, 9.17) is 33.3 Å². The second-order valence-electron chi connectivity index (χ2n) is 5.33. The molecule has 0 spiro atoms. The van der Waals surface area contributed by atoms with E-state index in [9.17, 15) is 4.79 Å². The van der Waals surface area contributed by atoms with Crippen molar-refractivity contribution in [3.63, 3.8) is 0 Å². The number of carbonyl (C=O) groups is 1. The maximum absolute atomic E-state index is 12.3. The van der Waals surface area contributed by atoms with Gasteiger partial charge in [-0.15, -0.1) is 0 Å². The van der Waals surface area contributed by atoms with Gasteiger partial charge in [0.15, 0.2) is 10.8 Å². The number of halogens is 1. The number of carbonyl (C=O) groups excluding carboxylic acids is 1. The van der Waals surface area contributed by atoms with Crippen LogP contribution in [0.2, 0.25) is 5.02 Å². The van der Waals surface area contributed by atoms with Gasteiger partial charge in [-0.25, -0.2) is 0 Å². The van der Waals surface area contributed by atoms with Crippen molar-refractivity contribution in [2.24, 2.45) is 5.92 Å². The van der Waals surface area contributed by atoms with Gasteiger partial charge in [0.1, 0.15) is 11.7 Å². The molecule has 0 amide bonds. The molecule has 21 heavy (non-hydrogen) atoms. The Kier molecular flexibility index (Phi) is 3.26. The zero-order chi connectivity index (χ0) is 15.4. The molecule has 0 aliphatic carbocycles. The maximum atomic E-state index is 12.3. The number of methoxy groups -OCH3 is 1. The SMILES string of the molecule is COC(=O)C1C2NC(=S)N(C)C1(C)Oc1ccc(Cl)cc12. The van der Waals surface area contributed by atoms with Crippen LogP contribution in [0.5, 0.6) is 5.75 Å². The van der Waals surface area contributed by atoms with Crippen LogP contribution in [0.1, 0.15) is 18.5 Å². The van der Waals surface area contributed by atoms with E-state index in [0.29, 0.717) is 15.9 Å². The highest BCUT2D eigenvalue weighted by Gasteiger charge is 2.58. The number of thiocarbonyl (C=S) groups is 1. The van der Waals surface area contributed by atoms with Crippen molar-refractivity contribution in [3.05, 3.63) is 28.8 Å². The number of hydrogen-bond donors (Lipinski definition) is 1. The normalized spacial score (nSPS) is 30.1. The fourth-order valence-corrected chi connectivity index (χ4v) is 3.47. The standard InChI is InChI=1S/C14H15ClN2O3S/c1-14-10(12(18)19-3)11(16-13(21)17(14)2)8-6-7(15)4-5-9(8)20-14/h4-6,10-11H,1-3H3,(H,16,21). The minimum Gasteiger partial charge on any atom is -0.469 e. The largest absolute Gasteiger partial charge is 0.469 e. The number of nitrogens with zero attached hydrogens (tertiary/aromatic N) is 1. The average molecular weight is 327 g/mol. The Morgan fingerprint density at radius 1 is 1.57 bits per heavy atom. The maximum Gasteiger partial charge on any atom is 0.317 e. The van der Waals surface area contributed by atoms with Crippen LogP contribution in [0, 0.1) is 5.92 Å². The molecule has 1 N–H and O–H groups in total. The second-order valence-corrected chi connectivity index (χ2v) is 6.15. The van der Waals surface area contributed by atoms with Crippen LogP contribution in [0.4, 0.5) is 0 Å². The second kappa shape index (κ2) is 4.74. The predicted molar refractivity (Wildman–Crippen MR) is 82.2 cm³/mol. The van der Waals surface area contributed by atoms with Gasteiger partial charge in [0.05, 0.1) is 13.2 Å². The molecule has 2 heterocycles. The van der Waals surface area contributed by atoms with E-state index in [1.165, 1.54) is 7.11 Å². The van der Waals surface area contributed by atoms with E-state index >= 15 is 0 Å². The van der Waals surface area contributed by atoms with Gasteiger partial charge < -0.3 is 19.7 Å². The van der Waals surface area contributed by atoms with Crippen LogP contribution in [0.15, 0.2) is 18.2 Å². The predicted octanol–water partition coefficient (Wildman–Crippen LogP) is 2.10. The first-order chi connectivity index (χ1) is 9.88. The lowest BCUT2D eigenvalue weighted by atomic mass is 9.80. The molecule has 3 rings (SSSR count). The number of hydrogen-bond acceptors (Lipinski definition) is 4. The van der Waals surface area contributed by atoms with E-state index in [0.717, 1.165) is 5.56 Å². The Labute approximate surface area is 133 Å². The van der Waals surface area contributed by atoms with Crippen molar-refractivity contribution < 1.29 is 14.3 Å². The molecule has 1 fully saturated rings. The number of fused-ring (bicyclic) bond motifs is 4. The van der Waals surface area contributed by atoms with Gasteiger partial charge in [-0.2, -0.15) is 0 Å². The Morgan fingerprint density at radius 3 is 2.95 bits per heavy atom. The average Bonchev–Trinajstić information content (AvgIpc) is 2.45. The molecule has 0 radical (unpaired) electrons. The number of benzene rings is 1. The van der Waals surface area contributed by atoms with Crippen LogP contribution in [0.25, 0.3) is 0 Å². The number of ether oxygens (including phenoxy) is 2. The summed E-state index contributed by atoms with van der Waals surface area (Å²) in [5, 5.41) is 4.29. The van der Waals surface area contributed by atoms with E-state index in [2.05, 4.69) is 5.32 Å². The molecule has 1 aromatic carbocycles. The van der Waals surface area contributed by atoms with Crippen molar-refractivity contribution in [3.8, 4) is 5.75 Å². The zero-order valence-corrected chi connectivity index (χ0v) is 13.4. The van der Waals surface area contributed by atoms with Gasteiger partial charge in [0, 0.05) is 17.6 Å². The third-order valence-corrected chi connectivity index (χ3v) is 4.87. The summed E-state index contributed by atoms with van der Waals surface area (Å²) in [6.45, 7) is 1.84.